The van der Waals surface area contributed by atoms with Crippen LogP contribution in [0, 0.1) is 6.92 Å². The summed E-state index contributed by atoms with van der Waals surface area (Å²) in [7, 11) is 4.17. The number of likely N-dealkylation sites (tertiary alicyclic amines) is 1. The van der Waals surface area contributed by atoms with Gasteiger partial charge in [-0.2, -0.15) is 13.2 Å². The number of amides is 1. The number of ether oxygens (including phenoxy) is 1. The van der Waals surface area contributed by atoms with Crippen LogP contribution < -0.4 is 26.6 Å². The van der Waals surface area contributed by atoms with Gasteiger partial charge in [0, 0.05) is 55.6 Å². The van der Waals surface area contributed by atoms with Crippen LogP contribution in [0.15, 0.2) is 58.1 Å². The lowest BCUT2D eigenvalue weighted by molar-refractivity contribution is -0.141. The number of nitrogens with zero attached hydrogens (tertiary/aromatic N) is 5. The van der Waals surface area contributed by atoms with Gasteiger partial charge in [-0.05, 0) is 67.5 Å². The van der Waals surface area contributed by atoms with E-state index in [0.29, 0.717) is 50.6 Å². The third-order valence-corrected chi connectivity index (χ3v) is 11.5. The van der Waals surface area contributed by atoms with Crippen LogP contribution in [0.2, 0.25) is 5.02 Å². The number of methoxy groups -OCH3 is 1. The number of carbonyl (C=O) groups is 1. The lowest BCUT2D eigenvalue weighted by Crippen LogP contribution is -2.47. The number of rotatable bonds is 10. The molecule has 2 N–H and O–H groups in total. The molecule has 4 heterocycles. The molecule has 288 valence electrons. The van der Waals surface area contributed by atoms with Gasteiger partial charge >= 0.3 is 11.9 Å². The second kappa shape index (κ2) is 14.5. The van der Waals surface area contributed by atoms with E-state index in [2.05, 4.69) is 33.5 Å². The van der Waals surface area contributed by atoms with Gasteiger partial charge in [0.15, 0.2) is 0 Å². The van der Waals surface area contributed by atoms with E-state index in [-0.39, 0.29) is 28.3 Å². The fourth-order valence-corrected chi connectivity index (χ4v) is 8.69. The van der Waals surface area contributed by atoms with E-state index in [1.165, 1.54) is 14.1 Å². The summed E-state index contributed by atoms with van der Waals surface area (Å²) in [5, 5.41) is 6.33. The van der Waals surface area contributed by atoms with Crippen molar-refractivity contribution in [3.05, 3.63) is 96.8 Å². The van der Waals surface area contributed by atoms with Gasteiger partial charge < -0.3 is 15.4 Å². The van der Waals surface area contributed by atoms with E-state index >= 15 is 0 Å². The van der Waals surface area contributed by atoms with Crippen LogP contribution in [0.4, 0.5) is 24.7 Å². The van der Waals surface area contributed by atoms with Crippen LogP contribution in [-0.4, -0.2) is 56.2 Å². The largest absolute Gasteiger partial charge is 0.481 e. The minimum absolute atomic E-state index is 0.104. The molecule has 55 heavy (non-hydrogen) atoms. The van der Waals surface area contributed by atoms with Gasteiger partial charge in [-0.3, -0.25) is 23.6 Å². The van der Waals surface area contributed by atoms with E-state index in [0.717, 1.165) is 71.9 Å². The Hall–Kier alpha value is -5.21. The molecule has 1 amide bonds. The Balaban J connectivity index is 1.25. The highest BCUT2D eigenvalue weighted by molar-refractivity contribution is 6.36. The predicted octanol–water partition coefficient (Wildman–Crippen LogP) is 7.07. The van der Waals surface area contributed by atoms with Crippen LogP contribution in [-0.2, 0) is 31.5 Å². The van der Waals surface area contributed by atoms with Crippen molar-refractivity contribution in [3.8, 4) is 28.3 Å². The average molecular weight is 776 g/mol. The zero-order chi connectivity index (χ0) is 39.4. The van der Waals surface area contributed by atoms with Crippen LogP contribution in [0.1, 0.15) is 61.0 Å². The van der Waals surface area contributed by atoms with E-state index in [4.69, 9.17) is 21.3 Å². The van der Waals surface area contributed by atoms with Gasteiger partial charge in [-0.15, -0.1) is 0 Å². The van der Waals surface area contributed by atoms with Gasteiger partial charge in [-0.25, -0.2) is 14.8 Å². The fourth-order valence-electron chi connectivity index (χ4n) is 8.36. The standard InChI is InChI=1S/C40H41ClF3N7O4/c1-6-15-39(45-21-52)16-17-51(20-39)29-14-13-23-18-28(47-36(55-5)32(23)29)26-11-7-10-25(34(26)41)24-9-8-12-27(22(24)2)46-35-33-30(19-31(48-35)40(42,43)44)49(3)38(54)50(4)37(33)53/h7-12,18-19,21,29H,6,13-17,20H2,1-5H3,(H,45,52)(H,46,48). The van der Waals surface area contributed by atoms with E-state index in [9.17, 15) is 27.6 Å². The Morgan fingerprint density at radius 1 is 1.05 bits per heavy atom. The van der Waals surface area contributed by atoms with Gasteiger partial charge in [0.05, 0.1) is 28.9 Å². The number of fused-ring (bicyclic) bond motifs is 2. The summed E-state index contributed by atoms with van der Waals surface area (Å²) in [6, 6.07) is 13.7. The molecule has 1 aliphatic heterocycles. The molecule has 2 unspecified atom stereocenters. The number of pyridine rings is 2. The number of anilines is 2. The maximum atomic E-state index is 14.0. The molecule has 1 saturated heterocycles. The monoisotopic (exact) mass is 775 g/mol. The zero-order valence-corrected chi connectivity index (χ0v) is 31.9. The van der Waals surface area contributed by atoms with Crippen LogP contribution in [0.25, 0.3) is 33.3 Å². The summed E-state index contributed by atoms with van der Waals surface area (Å²) in [5.74, 6) is 0.193. The molecular formula is C40H41ClF3N7O4. The highest BCUT2D eigenvalue weighted by Gasteiger charge is 2.43. The molecule has 3 aromatic heterocycles. The van der Waals surface area contributed by atoms with E-state index < -0.39 is 23.1 Å². The Bertz CT molecular complexity index is 2470. The Morgan fingerprint density at radius 2 is 1.78 bits per heavy atom. The first-order valence-corrected chi connectivity index (χ1v) is 18.5. The van der Waals surface area contributed by atoms with Crippen molar-refractivity contribution in [2.75, 3.05) is 25.5 Å². The SMILES string of the molecule is CCCC1(NC=O)CCN(C2CCc3cc(-c4cccc(-c5cccc(Nc6nc(C(F)(F)F)cc7c6c(=O)n(C)c(=O)n7C)c5C)c4Cl)nc(OC)c32)C1. The molecule has 2 atom stereocenters. The normalized spacial score (nSPS) is 18.5. The minimum Gasteiger partial charge on any atom is -0.481 e. The number of benzene rings is 2. The molecule has 1 fully saturated rings. The molecular weight excluding hydrogens is 735 g/mol. The summed E-state index contributed by atoms with van der Waals surface area (Å²) in [4.78, 5) is 48.6. The number of alkyl halides is 3. The van der Waals surface area contributed by atoms with Crippen molar-refractivity contribution in [3.63, 3.8) is 0 Å². The second-order valence-electron chi connectivity index (χ2n) is 14.4. The first-order chi connectivity index (χ1) is 26.2. The van der Waals surface area contributed by atoms with Crippen molar-refractivity contribution in [2.24, 2.45) is 14.1 Å². The lowest BCUT2D eigenvalue weighted by Gasteiger charge is -2.31. The van der Waals surface area contributed by atoms with Gasteiger partial charge in [0.2, 0.25) is 12.3 Å². The molecule has 0 saturated carbocycles. The van der Waals surface area contributed by atoms with Crippen molar-refractivity contribution in [1.82, 2.24) is 29.3 Å². The minimum atomic E-state index is -4.84. The number of hydrogen-bond acceptors (Lipinski definition) is 8. The number of halogens is 4. The number of carbonyl (C=O) groups excluding carboxylic acids is 1. The first kappa shape index (κ1) is 38.1. The summed E-state index contributed by atoms with van der Waals surface area (Å²) in [6.45, 7) is 5.53. The molecule has 7 rings (SSSR count). The lowest BCUT2D eigenvalue weighted by atomic mass is 9.93. The maximum Gasteiger partial charge on any atom is 0.433 e. The predicted molar refractivity (Wildman–Crippen MR) is 206 cm³/mol. The summed E-state index contributed by atoms with van der Waals surface area (Å²) < 4.78 is 49.8. The third kappa shape index (κ3) is 6.64. The maximum absolute atomic E-state index is 14.0. The average Bonchev–Trinajstić information content (AvgIpc) is 3.78. The zero-order valence-electron chi connectivity index (χ0n) is 31.1. The molecule has 1 aliphatic carbocycles. The summed E-state index contributed by atoms with van der Waals surface area (Å²) >= 11 is 7.19. The number of aromatic nitrogens is 4. The van der Waals surface area contributed by atoms with Crippen molar-refractivity contribution in [2.45, 2.75) is 63.7 Å². The molecule has 15 heteroatoms. The van der Waals surface area contributed by atoms with Gasteiger partial charge in [0.1, 0.15) is 16.9 Å². The molecule has 2 aromatic carbocycles. The Kier molecular flexibility index (Phi) is 10.0. The summed E-state index contributed by atoms with van der Waals surface area (Å²) in [6.07, 6.45) is 0.445. The van der Waals surface area contributed by atoms with Crippen molar-refractivity contribution >= 4 is 40.4 Å². The van der Waals surface area contributed by atoms with Crippen LogP contribution >= 0.6 is 11.6 Å². The highest BCUT2D eigenvalue weighted by atomic mass is 35.5. The molecule has 0 radical (unpaired) electrons. The Labute approximate surface area is 320 Å². The van der Waals surface area contributed by atoms with Crippen LogP contribution in [0.3, 0.4) is 0 Å². The van der Waals surface area contributed by atoms with Crippen LogP contribution in [0.5, 0.6) is 5.88 Å². The molecule has 0 spiro atoms. The van der Waals surface area contributed by atoms with Gasteiger partial charge in [-0.1, -0.05) is 55.3 Å². The third-order valence-electron chi connectivity index (χ3n) is 11.1. The number of hydrogen-bond donors (Lipinski definition) is 2. The Morgan fingerprint density at radius 3 is 2.49 bits per heavy atom. The van der Waals surface area contributed by atoms with Gasteiger partial charge in [0.25, 0.3) is 5.56 Å². The first-order valence-electron chi connectivity index (χ1n) is 18.1. The number of aryl methyl sites for hydroxylation is 2. The molecule has 0 bridgehead atoms. The second-order valence-corrected chi connectivity index (χ2v) is 14.8. The number of nitrogens with one attached hydrogen (secondary N) is 2. The summed E-state index contributed by atoms with van der Waals surface area (Å²) in [5.41, 5.74) is 2.61. The fraction of sp³-hybridized carbons (Fsp3) is 0.375. The quantitative estimate of drug-likeness (QED) is 0.145. The van der Waals surface area contributed by atoms with E-state index in [1.54, 1.807) is 26.2 Å². The molecule has 5 aromatic rings. The molecule has 11 nitrogen and oxygen atoms in total. The topological polar surface area (TPSA) is 123 Å². The van der Waals surface area contributed by atoms with Crippen molar-refractivity contribution in [1.29, 1.82) is 0 Å². The molecule has 2 aliphatic rings. The highest BCUT2D eigenvalue weighted by Crippen LogP contribution is 2.47. The van der Waals surface area contributed by atoms with E-state index in [1.807, 2.05) is 24.3 Å². The van der Waals surface area contributed by atoms with Crippen molar-refractivity contribution < 1.29 is 22.7 Å². The smallest absolute Gasteiger partial charge is 0.433 e.